The molecule has 0 fully saturated rings. The number of rotatable bonds is 5. The third-order valence-corrected chi connectivity index (χ3v) is 4.18. The normalized spacial score (nSPS) is 12.4. The first kappa shape index (κ1) is 15.2. The molecular formula is C17H19BrFN. The van der Waals surface area contributed by atoms with Gasteiger partial charge >= 0.3 is 0 Å². The van der Waals surface area contributed by atoms with E-state index in [1.807, 2.05) is 6.07 Å². The maximum Gasteiger partial charge on any atom is 0.124 e. The van der Waals surface area contributed by atoms with Crippen molar-refractivity contribution in [2.24, 2.45) is 0 Å². The molecule has 0 aliphatic carbocycles. The molecule has 0 bridgehead atoms. The topological polar surface area (TPSA) is 12.0 Å². The molecule has 2 rings (SSSR count). The van der Waals surface area contributed by atoms with Crippen LogP contribution in [0.15, 0.2) is 46.9 Å². The zero-order valence-corrected chi connectivity index (χ0v) is 13.4. The van der Waals surface area contributed by atoms with Crippen LogP contribution in [0.3, 0.4) is 0 Å². The van der Waals surface area contributed by atoms with E-state index < -0.39 is 0 Å². The quantitative estimate of drug-likeness (QED) is 0.840. The van der Waals surface area contributed by atoms with Gasteiger partial charge in [-0.15, -0.1) is 0 Å². The molecule has 1 N–H and O–H groups in total. The molecule has 0 aromatic heterocycles. The average molecular weight is 336 g/mol. The third kappa shape index (κ3) is 4.15. The largest absolute Gasteiger partial charge is 0.310 e. The SMILES string of the molecule is Cc1ccccc1CC(C)NCc1ccc(F)cc1Br. The fourth-order valence-corrected chi connectivity index (χ4v) is 2.68. The van der Waals surface area contributed by atoms with E-state index in [4.69, 9.17) is 0 Å². The Hall–Kier alpha value is -1.19. The number of halogens is 2. The highest BCUT2D eigenvalue weighted by Gasteiger charge is 2.07. The summed E-state index contributed by atoms with van der Waals surface area (Å²) in [6.07, 6.45) is 0.992. The fourth-order valence-electron chi connectivity index (χ4n) is 2.19. The van der Waals surface area contributed by atoms with Crippen molar-refractivity contribution in [3.8, 4) is 0 Å². The van der Waals surface area contributed by atoms with Crippen molar-refractivity contribution in [2.75, 3.05) is 0 Å². The predicted molar refractivity (Wildman–Crippen MR) is 85.3 cm³/mol. The summed E-state index contributed by atoms with van der Waals surface area (Å²) in [5.41, 5.74) is 3.76. The molecule has 1 unspecified atom stereocenters. The summed E-state index contributed by atoms with van der Waals surface area (Å²) in [6.45, 7) is 5.04. The van der Waals surface area contributed by atoms with Gasteiger partial charge in [-0.3, -0.25) is 0 Å². The van der Waals surface area contributed by atoms with Gasteiger partial charge in [-0.1, -0.05) is 46.3 Å². The highest BCUT2D eigenvalue weighted by atomic mass is 79.9. The Balaban J connectivity index is 1.92. The maximum atomic E-state index is 13.0. The summed E-state index contributed by atoms with van der Waals surface area (Å²) >= 11 is 3.40. The van der Waals surface area contributed by atoms with Crippen molar-refractivity contribution in [1.82, 2.24) is 5.32 Å². The molecule has 0 saturated heterocycles. The molecule has 1 nitrogen and oxygen atoms in total. The van der Waals surface area contributed by atoms with Crippen LogP contribution >= 0.6 is 15.9 Å². The van der Waals surface area contributed by atoms with Crippen LogP contribution in [0.2, 0.25) is 0 Å². The molecule has 0 saturated carbocycles. The van der Waals surface area contributed by atoms with Crippen molar-refractivity contribution in [1.29, 1.82) is 0 Å². The van der Waals surface area contributed by atoms with E-state index in [9.17, 15) is 4.39 Å². The van der Waals surface area contributed by atoms with E-state index >= 15 is 0 Å². The summed E-state index contributed by atoms with van der Waals surface area (Å²) in [4.78, 5) is 0. The first-order valence-electron chi connectivity index (χ1n) is 6.78. The van der Waals surface area contributed by atoms with Gasteiger partial charge in [0.25, 0.3) is 0 Å². The van der Waals surface area contributed by atoms with Gasteiger partial charge in [0.05, 0.1) is 0 Å². The molecule has 0 aliphatic rings. The maximum absolute atomic E-state index is 13.0. The van der Waals surface area contributed by atoms with Gasteiger partial charge in [-0.25, -0.2) is 4.39 Å². The average Bonchev–Trinajstić information content (AvgIpc) is 2.40. The molecule has 0 radical (unpaired) electrons. The minimum absolute atomic E-state index is 0.214. The van der Waals surface area contributed by atoms with Crippen molar-refractivity contribution in [3.63, 3.8) is 0 Å². The van der Waals surface area contributed by atoms with Crippen molar-refractivity contribution >= 4 is 15.9 Å². The van der Waals surface area contributed by atoms with Crippen LogP contribution in [0, 0.1) is 12.7 Å². The second-order valence-electron chi connectivity index (χ2n) is 5.15. The second kappa shape index (κ2) is 7.00. The van der Waals surface area contributed by atoms with Crippen molar-refractivity contribution < 1.29 is 4.39 Å². The number of hydrogen-bond acceptors (Lipinski definition) is 1. The standard InChI is InChI=1S/C17H19BrFN/c1-12-5-3-4-6-14(12)9-13(2)20-11-15-7-8-16(19)10-17(15)18/h3-8,10,13,20H,9,11H2,1-2H3. The van der Waals surface area contributed by atoms with Gasteiger partial charge in [-0.05, 0) is 49.1 Å². The number of aryl methyl sites for hydroxylation is 1. The van der Waals surface area contributed by atoms with E-state index in [2.05, 4.69) is 59.4 Å². The van der Waals surface area contributed by atoms with Crippen LogP contribution in [0.1, 0.15) is 23.6 Å². The predicted octanol–water partition coefficient (Wildman–Crippen LogP) is 4.62. The lowest BCUT2D eigenvalue weighted by Gasteiger charge is -2.16. The van der Waals surface area contributed by atoms with Crippen LogP contribution in [0.5, 0.6) is 0 Å². The molecule has 1 atom stereocenters. The molecule has 2 aromatic carbocycles. The van der Waals surface area contributed by atoms with Crippen LogP contribution in [0.4, 0.5) is 4.39 Å². The molecule has 0 spiro atoms. The van der Waals surface area contributed by atoms with Crippen molar-refractivity contribution in [3.05, 3.63) is 69.4 Å². The Bertz CT molecular complexity index is 583. The summed E-state index contributed by atoms with van der Waals surface area (Å²) < 4.78 is 13.8. The molecule has 2 aromatic rings. The van der Waals surface area contributed by atoms with Crippen LogP contribution in [-0.4, -0.2) is 6.04 Å². The van der Waals surface area contributed by atoms with Gasteiger partial charge in [0.15, 0.2) is 0 Å². The summed E-state index contributed by atoms with van der Waals surface area (Å²) in [7, 11) is 0. The van der Waals surface area contributed by atoms with Gasteiger partial charge in [0.2, 0.25) is 0 Å². The fraction of sp³-hybridized carbons (Fsp3) is 0.294. The van der Waals surface area contributed by atoms with Crippen LogP contribution in [-0.2, 0) is 13.0 Å². The Labute approximate surface area is 128 Å². The molecule has 3 heteroatoms. The lowest BCUT2D eigenvalue weighted by atomic mass is 10.0. The second-order valence-corrected chi connectivity index (χ2v) is 6.00. The lowest BCUT2D eigenvalue weighted by molar-refractivity contribution is 0.542. The first-order chi connectivity index (χ1) is 9.56. The van der Waals surface area contributed by atoms with Gasteiger partial charge in [0, 0.05) is 17.1 Å². The Morgan fingerprint density at radius 1 is 1.15 bits per heavy atom. The summed E-state index contributed by atoms with van der Waals surface area (Å²) in [5.74, 6) is -0.214. The number of benzene rings is 2. The molecule has 0 aliphatic heterocycles. The van der Waals surface area contributed by atoms with E-state index in [1.165, 1.54) is 23.3 Å². The lowest BCUT2D eigenvalue weighted by Crippen LogP contribution is -2.28. The summed E-state index contributed by atoms with van der Waals surface area (Å²) in [5, 5.41) is 3.48. The van der Waals surface area contributed by atoms with E-state index in [0.717, 1.165) is 23.0 Å². The Morgan fingerprint density at radius 2 is 1.90 bits per heavy atom. The first-order valence-corrected chi connectivity index (χ1v) is 7.57. The van der Waals surface area contributed by atoms with Gasteiger partial charge in [-0.2, -0.15) is 0 Å². The smallest absolute Gasteiger partial charge is 0.124 e. The molecular weight excluding hydrogens is 317 g/mol. The molecule has 0 heterocycles. The Kier molecular flexibility index (Phi) is 5.32. The van der Waals surface area contributed by atoms with Gasteiger partial charge < -0.3 is 5.32 Å². The molecule has 20 heavy (non-hydrogen) atoms. The highest BCUT2D eigenvalue weighted by Crippen LogP contribution is 2.18. The van der Waals surface area contributed by atoms with E-state index in [-0.39, 0.29) is 5.82 Å². The minimum atomic E-state index is -0.214. The van der Waals surface area contributed by atoms with Crippen LogP contribution < -0.4 is 5.32 Å². The number of nitrogens with one attached hydrogen (secondary N) is 1. The van der Waals surface area contributed by atoms with Crippen LogP contribution in [0.25, 0.3) is 0 Å². The highest BCUT2D eigenvalue weighted by molar-refractivity contribution is 9.10. The van der Waals surface area contributed by atoms with E-state index in [0.29, 0.717) is 6.04 Å². The van der Waals surface area contributed by atoms with E-state index in [1.54, 1.807) is 0 Å². The number of hydrogen-bond donors (Lipinski definition) is 1. The van der Waals surface area contributed by atoms with Crippen molar-refractivity contribution in [2.45, 2.75) is 32.9 Å². The monoisotopic (exact) mass is 335 g/mol. The molecule has 0 amide bonds. The third-order valence-electron chi connectivity index (χ3n) is 3.44. The Morgan fingerprint density at radius 3 is 2.60 bits per heavy atom. The zero-order chi connectivity index (χ0) is 14.5. The minimum Gasteiger partial charge on any atom is -0.310 e. The van der Waals surface area contributed by atoms with Gasteiger partial charge in [0.1, 0.15) is 5.82 Å². The summed E-state index contributed by atoms with van der Waals surface area (Å²) in [6, 6.07) is 13.6. The zero-order valence-electron chi connectivity index (χ0n) is 11.8. The molecule has 106 valence electrons.